The Morgan fingerprint density at radius 3 is 2.22 bits per heavy atom. The summed E-state index contributed by atoms with van der Waals surface area (Å²) in [4.78, 5) is 0.399. The second-order valence-electron chi connectivity index (χ2n) is 5.91. The van der Waals surface area contributed by atoms with Crippen molar-refractivity contribution < 1.29 is 0 Å². The quantitative estimate of drug-likeness (QED) is 0.531. The lowest BCUT2D eigenvalue weighted by Crippen LogP contribution is -2.08. The van der Waals surface area contributed by atoms with Gasteiger partial charge >= 0.3 is 0 Å². The van der Waals surface area contributed by atoms with Crippen LogP contribution in [0.25, 0.3) is 10.8 Å². The van der Waals surface area contributed by atoms with Crippen molar-refractivity contribution in [3.63, 3.8) is 0 Å². The Labute approximate surface area is 126 Å². The lowest BCUT2D eigenvalue weighted by atomic mass is 9.87. The second-order valence-corrected chi connectivity index (χ2v) is 7.87. The third-order valence-electron chi connectivity index (χ3n) is 3.03. The van der Waals surface area contributed by atoms with Crippen LogP contribution >= 0.6 is 31.9 Å². The molecule has 0 radical (unpaired) electrons. The fourth-order valence-corrected chi connectivity index (χ4v) is 4.05. The summed E-state index contributed by atoms with van der Waals surface area (Å²) in [6.07, 6.45) is 1.12. The molecule has 0 bridgehead atoms. The van der Waals surface area contributed by atoms with E-state index >= 15 is 0 Å². The number of rotatable bonds is 2. The fourth-order valence-electron chi connectivity index (χ4n) is 2.21. The number of benzene rings is 2. The van der Waals surface area contributed by atoms with Gasteiger partial charge in [0.2, 0.25) is 0 Å². The molecule has 0 amide bonds. The van der Waals surface area contributed by atoms with Crippen LogP contribution in [0, 0.1) is 5.41 Å². The van der Waals surface area contributed by atoms with Gasteiger partial charge in [0.1, 0.15) is 0 Å². The van der Waals surface area contributed by atoms with Gasteiger partial charge in [-0.25, -0.2) is 0 Å². The van der Waals surface area contributed by atoms with Gasteiger partial charge in [0.25, 0.3) is 0 Å². The highest BCUT2D eigenvalue weighted by Gasteiger charge is 2.19. The molecule has 0 heterocycles. The molecule has 0 spiro atoms. The molecular formula is C16H18Br2. The first-order valence-corrected chi connectivity index (χ1v) is 7.90. The lowest BCUT2D eigenvalue weighted by Gasteiger charge is -2.23. The molecule has 0 aliphatic rings. The van der Waals surface area contributed by atoms with E-state index in [4.69, 9.17) is 0 Å². The zero-order chi connectivity index (χ0) is 13.3. The maximum absolute atomic E-state index is 3.85. The molecule has 2 aromatic rings. The average molecular weight is 370 g/mol. The summed E-state index contributed by atoms with van der Waals surface area (Å²) in [5.74, 6) is 0. The average Bonchev–Trinajstić information content (AvgIpc) is 2.27. The molecule has 0 saturated heterocycles. The highest BCUT2D eigenvalue weighted by Crippen LogP contribution is 2.40. The molecule has 0 saturated carbocycles. The molecule has 0 fully saturated rings. The van der Waals surface area contributed by atoms with Crippen LogP contribution in [0.3, 0.4) is 0 Å². The molecule has 0 aliphatic carbocycles. The van der Waals surface area contributed by atoms with Crippen LogP contribution in [-0.4, -0.2) is 0 Å². The standard InChI is InChI=1S/C16H18Br2/c1-16(2,3)10-15(18)13-8-9-14(17)12-7-5-4-6-11(12)13/h4-9,15H,10H2,1-3H3. The van der Waals surface area contributed by atoms with Crippen LogP contribution < -0.4 is 0 Å². The Morgan fingerprint density at radius 1 is 1.00 bits per heavy atom. The summed E-state index contributed by atoms with van der Waals surface area (Å²) in [5.41, 5.74) is 1.70. The maximum atomic E-state index is 3.85. The van der Waals surface area contributed by atoms with E-state index in [-0.39, 0.29) is 0 Å². The van der Waals surface area contributed by atoms with E-state index in [0.29, 0.717) is 10.2 Å². The summed E-state index contributed by atoms with van der Waals surface area (Å²) in [6, 6.07) is 12.9. The first-order chi connectivity index (χ1) is 8.38. The third kappa shape index (κ3) is 3.16. The van der Waals surface area contributed by atoms with E-state index in [1.165, 1.54) is 16.3 Å². The summed E-state index contributed by atoms with van der Waals surface area (Å²) in [5, 5.41) is 2.62. The van der Waals surface area contributed by atoms with Crippen molar-refractivity contribution >= 4 is 42.6 Å². The Kier molecular flexibility index (Phi) is 4.18. The topological polar surface area (TPSA) is 0 Å². The Hall–Kier alpha value is -0.340. The van der Waals surface area contributed by atoms with E-state index < -0.39 is 0 Å². The second kappa shape index (κ2) is 5.34. The van der Waals surface area contributed by atoms with Crippen molar-refractivity contribution in [1.82, 2.24) is 0 Å². The van der Waals surface area contributed by atoms with Gasteiger partial charge in [0, 0.05) is 9.30 Å². The number of fused-ring (bicyclic) bond motifs is 1. The molecule has 0 nitrogen and oxygen atoms in total. The number of alkyl halides is 1. The highest BCUT2D eigenvalue weighted by molar-refractivity contribution is 9.10. The van der Waals surface area contributed by atoms with Gasteiger partial charge in [-0.15, -0.1) is 0 Å². The molecule has 1 unspecified atom stereocenters. The van der Waals surface area contributed by atoms with Crippen molar-refractivity contribution in [2.75, 3.05) is 0 Å². The van der Waals surface area contributed by atoms with E-state index in [0.717, 1.165) is 10.9 Å². The molecule has 2 aromatic carbocycles. The van der Waals surface area contributed by atoms with Crippen LogP contribution in [-0.2, 0) is 0 Å². The zero-order valence-corrected chi connectivity index (χ0v) is 14.2. The molecule has 0 aromatic heterocycles. The van der Waals surface area contributed by atoms with Gasteiger partial charge in [0.05, 0.1) is 0 Å². The van der Waals surface area contributed by atoms with Crippen molar-refractivity contribution in [2.45, 2.75) is 32.0 Å². The Bertz CT molecular complexity index is 553. The smallest absolute Gasteiger partial charge is 0.0406 e. The van der Waals surface area contributed by atoms with Crippen LogP contribution in [0.5, 0.6) is 0 Å². The van der Waals surface area contributed by atoms with Crippen LogP contribution in [0.1, 0.15) is 37.6 Å². The zero-order valence-electron chi connectivity index (χ0n) is 11.0. The van der Waals surface area contributed by atoms with Crippen molar-refractivity contribution in [3.8, 4) is 0 Å². The van der Waals surface area contributed by atoms with Gasteiger partial charge in [0.15, 0.2) is 0 Å². The van der Waals surface area contributed by atoms with Crippen molar-refractivity contribution in [3.05, 3.63) is 46.4 Å². The van der Waals surface area contributed by atoms with Crippen LogP contribution in [0.2, 0.25) is 0 Å². The summed E-state index contributed by atoms with van der Waals surface area (Å²) < 4.78 is 1.16. The van der Waals surface area contributed by atoms with E-state index in [1.54, 1.807) is 0 Å². The van der Waals surface area contributed by atoms with E-state index in [1.807, 2.05) is 0 Å². The molecule has 2 rings (SSSR count). The highest BCUT2D eigenvalue weighted by atomic mass is 79.9. The largest absolute Gasteiger partial charge is 0.0838 e. The van der Waals surface area contributed by atoms with Crippen molar-refractivity contribution in [2.24, 2.45) is 5.41 Å². The van der Waals surface area contributed by atoms with Gasteiger partial charge in [-0.2, -0.15) is 0 Å². The van der Waals surface area contributed by atoms with Gasteiger partial charge in [-0.05, 0) is 34.2 Å². The monoisotopic (exact) mass is 368 g/mol. The van der Waals surface area contributed by atoms with E-state index in [2.05, 4.69) is 89.0 Å². The summed E-state index contributed by atoms with van der Waals surface area (Å²) in [6.45, 7) is 6.84. The molecule has 18 heavy (non-hydrogen) atoms. The lowest BCUT2D eigenvalue weighted by molar-refractivity contribution is 0.377. The first-order valence-electron chi connectivity index (χ1n) is 6.20. The first kappa shape index (κ1) is 14.1. The Morgan fingerprint density at radius 2 is 1.61 bits per heavy atom. The van der Waals surface area contributed by atoms with Crippen molar-refractivity contribution in [1.29, 1.82) is 0 Å². The van der Waals surface area contributed by atoms with E-state index in [9.17, 15) is 0 Å². The Balaban J connectivity index is 2.49. The predicted octanol–water partition coefficient (Wildman–Crippen LogP) is 6.47. The molecule has 96 valence electrons. The summed E-state index contributed by atoms with van der Waals surface area (Å²) in [7, 11) is 0. The minimum absolute atomic E-state index is 0.322. The molecule has 1 atom stereocenters. The normalized spacial score (nSPS) is 13.8. The molecule has 2 heteroatoms. The maximum Gasteiger partial charge on any atom is 0.0406 e. The summed E-state index contributed by atoms with van der Waals surface area (Å²) >= 11 is 7.48. The minimum Gasteiger partial charge on any atom is -0.0838 e. The fraction of sp³-hybridized carbons (Fsp3) is 0.375. The minimum atomic E-state index is 0.322. The molecular weight excluding hydrogens is 352 g/mol. The number of hydrogen-bond acceptors (Lipinski definition) is 0. The number of halogens is 2. The SMILES string of the molecule is CC(C)(C)CC(Br)c1ccc(Br)c2ccccc12. The molecule has 0 N–H and O–H groups in total. The van der Waals surface area contributed by atoms with Gasteiger partial charge < -0.3 is 0 Å². The predicted molar refractivity (Wildman–Crippen MR) is 87.4 cm³/mol. The van der Waals surface area contributed by atoms with Gasteiger partial charge in [-0.1, -0.05) is 83.0 Å². The third-order valence-corrected chi connectivity index (χ3v) is 4.54. The van der Waals surface area contributed by atoms with Gasteiger partial charge in [-0.3, -0.25) is 0 Å². The molecule has 0 aliphatic heterocycles. The van der Waals surface area contributed by atoms with Crippen LogP contribution in [0.15, 0.2) is 40.9 Å². The van der Waals surface area contributed by atoms with Crippen LogP contribution in [0.4, 0.5) is 0 Å². The number of hydrogen-bond donors (Lipinski definition) is 0.